The zero-order chi connectivity index (χ0) is 12.1. The van der Waals surface area contributed by atoms with Crippen LogP contribution in [0, 0.1) is 0 Å². The first-order valence-corrected chi connectivity index (χ1v) is 6.59. The Morgan fingerprint density at radius 3 is 2.59 bits per heavy atom. The van der Waals surface area contributed by atoms with Crippen LogP contribution in [0.25, 0.3) is 0 Å². The van der Waals surface area contributed by atoms with E-state index in [0.717, 1.165) is 25.2 Å². The van der Waals surface area contributed by atoms with Gasteiger partial charge in [-0.2, -0.15) is 0 Å². The first-order chi connectivity index (χ1) is 8.30. The van der Waals surface area contributed by atoms with E-state index >= 15 is 0 Å². The van der Waals surface area contributed by atoms with Crippen LogP contribution in [-0.2, 0) is 10.3 Å². The standard InChI is InChI=1S/C15H22O2/c1-3-4-10-15(11-5-12-17-15)13-6-8-14(16-2)9-7-13/h6-9H,3-5,10-12H2,1-2H3. The highest BCUT2D eigenvalue weighted by Gasteiger charge is 2.36. The van der Waals surface area contributed by atoms with E-state index in [4.69, 9.17) is 9.47 Å². The molecule has 94 valence electrons. The third-order valence-corrected chi connectivity index (χ3v) is 3.65. The SMILES string of the molecule is CCCCC1(c2ccc(OC)cc2)CCCO1. The average molecular weight is 234 g/mol. The highest BCUT2D eigenvalue weighted by Crippen LogP contribution is 2.40. The fraction of sp³-hybridized carbons (Fsp3) is 0.600. The lowest BCUT2D eigenvalue weighted by Gasteiger charge is -2.29. The lowest BCUT2D eigenvalue weighted by molar-refractivity contribution is -0.00885. The summed E-state index contributed by atoms with van der Waals surface area (Å²) in [5, 5.41) is 0. The summed E-state index contributed by atoms with van der Waals surface area (Å²) in [5.41, 5.74) is 1.28. The van der Waals surface area contributed by atoms with Crippen LogP contribution in [0.5, 0.6) is 5.75 Å². The molecule has 1 aliphatic rings. The Hall–Kier alpha value is -1.02. The van der Waals surface area contributed by atoms with Gasteiger partial charge in [-0.25, -0.2) is 0 Å². The molecule has 1 saturated heterocycles. The smallest absolute Gasteiger partial charge is 0.118 e. The van der Waals surface area contributed by atoms with Crippen LogP contribution in [-0.4, -0.2) is 13.7 Å². The van der Waals surface area contributed by atoms with Gasteiger partial charge in [-0.05, 0) is 37.0 Å². The van der Waals surface area contributed by atoms with Crippen LogP contribution in [0.1, 0.15) is 44.6 Å². The second-order valence-electron chi connectivity index (χ2n) is 4.78. The van der Waals surface area contributed by atoms with Gasteiger partial charge in [-0.3, -0.25) is 0 Å². The highest BCUT2D eigenvalue weighted by atomic mass is 16.5. The normalized spacial score (nSPS) is 23.9. The van der Waals surface area contributed by atoms with E-state index in [9.17, 15) is 0 Å². The largest absolute Gasteiger partial charge is 0.497 e. The van der Waals surface area contributed by atoms with Crippen molar-refractivity contribution < 1.29 is 9.47 Å². The van der Waals surface area contributed by atoms with Gasteiger partial charge in [-0.1, -0.05) is 31.9 Å². The van der Waals surface area contributed by atoms with Crippen molar-refractivity contribution in [3.05, 3.63) is 29.8 Å². The molecule has 2 rings (SSSR count). The molecule has 2 nitrogen and oxygen atoms in total. The van der Waals surface area contributed by atoms with E-state index in [1.54, 1.807) is 7.11 Å². The van der Waals surface area contributed by atoms with Crippen molar-refractivity contribution in [2.24, 2.45) is 0 Å². The maximum atomic E-state index is 6.06. The topological polar surface area (TPSA) is 18.5 Å². The molecule has 1 fully saturated rings. The summed E-state index contributed by atoms with van der Waals surface area (Å²) in [7, 11) is 1.70. The van der Waals surface area contributed by atoms with Crippen LogP contribution >= 0.6 is 0 Å². The summed E-state index contributed by atoms with van der Waals surface area (Å²) in [6.07, 6.45) is 5.91. The van der Waals surface area contributed by atoms with Crippen LogP contribution in [0.3, 0.4) is 0 Å². The van der Waals surface area contributed by atoms with Crippen molar-refractivity contribution in [3.63, 3.8) is 0 Å². The Bertz CT molecular complexity index is 336. The number of hydrogen-bond acceptors (Lipinski definition) is 2. The minimum Gasteiger partial charge on any atom is -0.497 e. The molecule has 0 N–H and O–H groups in total. The summed E-state index contributed by atoms with van der Waals surface area (Å²) in [4.78, 5) is 0. The molecule has 1 aliphatic heterocycles. The van der Waals surface area contributed by atoms with Gasteiger partial charge in [-0.15, -0.1) is 0 Å². The summed E-state index contributed by atoms with van der Waals surface area (Å²) >= 11 is 0. The number of benzene rings is 1. The predicted octanol–water partition coefficient (Wildman–Crippen LogP) is 3.89. The molecule has 1 unspecified atom stereocenters. The Labute approximate surface area is 104 Å². The van der Waals surface area contributed by atoms with Crippen molar-refractivity contribution in [3.8, 4) is 5.75 Å². The third-order valence-electron chi connectivity index (χ3n) is 3.65. The van der Waals surface area contributed by atoms with E-state index in [0.29, 0.717) is 0 Å². The first-order valence-electron chi connectivity index (χ1n) is 6.59. The summed E-state index contributed by atoms with van der Waals surface area (Å²) in [6, 6.07) is 8.37. The van der Waals surface area contributed by atoms with Crippen molar-refractivity contribution in [2.45, 2.75) is 44.6 Å². The van der Waals surface area contributed by atoms with Gasteiger partial charge in [0.05, 0.1) is 12.7 Å². The summed E-state index contributed by atoms with van der Waals surface area (Å²) in [6.45, 7) is 3.13. The van der Waals surface area contributed by atoms with E-state index in [2.05, 4.69) is 19.1 Å². The Kier molecular flexibility index (Phi) is 4.06. The molecule has 0 radical (unpaired) electrons. The first kappa shape index (κ1) is 12.4. The number of hydrogen-bond donors (Lipinski definition) is 0. The van der Waals surface area contributed by atoms with Crippen LogP contribution in [0.15, 0.2) is 24.3 Å². The molecule has 0 aliphatic carbocycles. The number of unbranched alkanes of at least 4 members (excludes halogenated alkanes) is 1. The molecule has 2 heteroatoms. The molecule has 0 saturated carbocycles. The van der Waals surface area contributed by atoms with Crippen molar-refractivity contribution in [1.29, 1.82) is 0 Å². The van der Waals surface area contributed by atoms with Gasteiger partial charge < -0.3 is 9.47 Å². The molecule has 0 aromatic heterocycles. The zero-order valence-electron chi connectivity index (χ0n) is 10.9. The lowest BCUT2D eigenvalue weighted by Crippen LogP contribution is -2.24. The fourth-order valence-corrected chi connectivity index (χ4v) is 2.62. The molecule has 0 amide bonds. The second-order valence-corrected chi connectivity index (χ2v) is 4.78. The van der Waals surface area contributed by atoms with Gasteiger partial charge in [0.15, 0.2) is 0 Å². The quantitative estimate of drug-likeness (QED) is 0.769. The van der Waals surface area contributed by atoms with Crippen molar-refractivity contribution in [1.82, 2.24) is 0 Å². The van der Waals surface area contributed by atoms with E-state index in [1.165, 1.54) is 24.8 Å². The Morgan fingerprint density at radius 2 is 2.06 bits per heavy atom. The van der Waals surface area contributed by atoms with Gasteiger partial charge >= 0.3 is 0 Å². The molecular weight excluding hydrogens is 212 g/mol. The minimum atomic E-state index is -0.0255. The summed E-state index contributed by atoms with van der Waals surface area (Å²) in [5.74, 6) is 0.914. The Balaban J connectivity index is 2.19. The van der Waals surface area contributed by atoms with Gasteiger partial charge in [0, 0.05) is 6.61 Å². The molecule has 0 spiro atoms. The highest BCUT2D eigenvalue weighted by molar-refractivity contribution is 5.31. The second kappa shape index (κ2) is 5.54. The lowest BCUT2D eigenvalue weighted by atomic mass is 9.86. The zero-order valence-corrected chi connectivity index (χ0v) is 10.9. The van der Waals surface area contributed by atoms with Gasteiger partial charge in [0.1, 0.15) is 5.75 Å². The predicted molar refractivity (Wildman–Crippen MR) is 69.4 cm³/mol. The molecule has 1 aromatic rings. The monoisotopic (exact) mass is 234 g/mol. The number of methoxy groups -OCH3 is 1. The van der Waals surface area contributed by atoms with Crippen LogP contribution < -0.4 is 4.74 Å². The van der Waals surface area contributed by atoms with E-state index in [1.807, 2.05) is 12.1 Å². The fourth-order valence-electron chi connectivity index (χ4n) is 2.62. The Morgan fingerprint density at radius 1 is 1.29 bits per heavy atom. The average Bonchev–Trinajstić information content (AvgIpc) is 2.86. The molecular formula is C15H22O2. The number of rotatable bonds is 5. The van der Waals surface area contributed by atoms with Crippen molar-refractivity contribution in [2.75, 3.05) is 13.7 Å². The van der Waals surface area contributed by atoms with E-state index in [-0.39, 0.29) is 5.60 Å². The maximum absolute atomic E-state index is 6.06. The summed E-state index contributed by atoms with van der Waals surface area (Å²) < 4.78 is 11.3. The third kappa shape index (κ3) is 2.63. The van der Waals surface area contributed by atoms with Gasteiger partial charge in [0.25, 0.3) is 0 Å². The maximum Gasteiger partial charge on any atom is 0.118 e. The molecule has 1 aromatic carbocycles. The van der Waals surface area contributed by atoms with Crippen LogP contribution in [0.4, 0.5) is 0 Å². The van der Waals surface area contributed by atoms with Crippen molar-refractivity contribution >= 4 is 0 Å². The molecule has 1 heterocycles. The number of ether oxygens (including phenoxy) is 2. The molecule has 0 bridgehead atoms. The molecule has 1 atom stereocenters. The minimum absolute atomic E-state index is 0.0255. The van der Waals surface area contributed by atoms with E-state index < -0.39 is 0 Å². The molecule has 17 heavy (non-hydrogen) atoms. The van der Waals surface area contributed by atoms with Gasteiger partial charge in [0.2, 0.25) is 0 Å². The van der Waals surface area contributed by atoms with Crippen LogP contribution in [0.2, 0.25) is 0 Å².